The summed E-state index contributed by atoms with van der Waals surface area (Å²) in [6, 6.07) is 16.9. The van der Waals surface area contributed by atoms with E-state index in [1.54, 1.807) is 0 Å². The van der Waals surface area contributed by atoms with E-state index in [4.69, 9.17) is 21.7 Å². The first-order chi connectivity index (χ1) is 12.3. The van der Waals surface area contributed by atoms with E-state index >= 15 is 0 Å². The Morgan fingerprint density at radius 3 is 2.72 bits per heavy atom. The molecule has 0 amide bonds. The zero-order chi connectivity index (χ0) is 17.1. The maximum Gasteiger partial charge on any atom is 0.169 e. The summed E-state index contributed by atoms with van der Waals surface area (Å²) in [5, 5.41) is 4.22. The maximum atomic E-state index is 5.73. The summed E-state index contributed by atoms with van der Waals surface area (Å²) in [6.07, 6.45) is 2.25. The summed E-state index contributed by atoms with van der Waals surface area (Å²) in [5.41, 5.74) is 2.48. The molecule has 2 aromatic rings. The molecule has 130 valence electrons. The number of rotatable bonds is 3. The second-order valence-electron chi connectivity index (χ2n) is 6.40. The normalized spacial score (nSPS) is 18.9. The van der Waals surface area contributed by atoms with Crippen LogP contribution in [0.15, 0.2) is 48.5 Å². The number of thiocarbonyl (C=S) groups is 1. The van der Waals surface area contributed by atoms with Gasteiger partial charge in [-0.1, -0.05) is 36.4 Å². The highest BCUT2D eigenvalue weighted by Crippen LogP contribution is 2.38. The van der Waals surface area contributed by atoms with Gasteiger partial charge in [0.05, 0.1) is 6.04 Å². The van der Waals surface area contributed by atoms with Gasteiger partial charge in [0.25, 0.3) is 0 Å². The lowest BCUT2D eigenvalue weighted by atomic mass is 10.0. The van der Waals surface area contributed by atoms with Crippen LogP contribution in [0, 0.1) is 0 Å². The summed E-state index contributed by atoms with van der Waals surface area (Å²) < 4.78 is 11.4. The van der Waals surface area contributed by atoms with Gasteiger partial charge < -0.3 is 19.7 Å². The van der Waals surface area contributed by atoms with Gasteiger partial charge in [0.15, 0.2) is 16.6 Å². The quantitative estimate of drug-likeness (QED) is 0.851. The number of fused-ring (bicyclic) bond motifs is 1. The van der Waals surface area contributed by atoms with Crippen molar-refractivity contribution in [2.75, 3.05) is 19.8 Å². The highest BCUT2D eigenvalue weighted by atomic mass is 32.1. The summed E-state index contributed by atoms with van der Waals surface area (Å²) >= 11 is 5.67. The fourth-order valence-electron chi connectivity index (χ4n) is 3.50. The Balaban J connectivity index is 1.45. The molecule has 0 aliphatic carbocycles. The van der Waals surface area contributed by atoms with E-state index in [2.05, 4.69) is 34.5 Å². The molecule has 0 unspecified atom stereocenters. The Morgan fingerprint density at radius 1 is 1.08 bits per heavy atom. The standard InChI is InChI=1S/C20H22N2O2S/c25-20(21-14-15-5-2-1-3-6-15)22-10-4-7-17(22)16-8-9-18-19(13-16)24-12-11-23-18/h1-3,5-6,8-9,13,17H,4,7,10-12,14H2,(H,21,25)/t17-/m1/s1. The largest absolute Gasteiger partial charge is 0.486 e. The average molecular weight is 354 g/mol. The van der Waals surface area contributed by atoms with Crippen molar-refractivity contribution in [2.45, 2.75) is 25.4 Å². The van der Waals surface area contributed by atoms with Crippen molar-refractivity contribution >= 4 is 17.3 Å². The second kappa shape index (κ2) is 7.31. The Kier molecular flexibility index (Phi) is 4.74. The molecule has 5 heteroatoms. The summed E-state index contributed by atoms with van der Waals surface area (Å²) in [5.74, 6) is 1.68. The first kappa shape index (κ1) is 16.2. The minimum absolute atomic E-state index is 0.298. The number of nitrogens with zero attached hydrogens (tertiary/aromatic N) is 1. The van der Waals surface area contributed by atoms with E-state index in [-0.39, 0.29) is 0 Å². The lowest BCUT2D eigenvalue weighted by molar-refractivity contribution is 0.171. The molecule has 1 atom stereocenters. The van der Waals surface area contributed by atoms with Crippen LogP contribution in [0.3, 0.4) is 0 Å². The first-order valence-electron chi connectivity index (χ1n) is 8.79. The predicted octanol–water partition coefficient (Wildman–Crippen LogP) is 3.67. The molecule has 0 saturated carbocycles. The van der Waals surface area contributed by atoms with Crippen molar-refractivity contribution in [1.29, 1.82) is 0 Å². The van der Waals surface area contributed by atoms with Crippen LogP contribution in [0.25, 0.3) is 0 Å². The minimum Gasteiger partial charge on any atom is -0.486 e. The molecule has 4 nitrogen and oxygen atoms in total. The van der Waals surface area contributed by atoms with E-state index in [1.165, 1.54) is 11.1 Å². The van der Waals surface area contributed by atoms with Crippen LogP contribution >= 0.6 is 12.2 Å². The van der Waals surface area contributed by atoms with Gasteiger partial charge in [-0.05, 0) is 48.3 Å². The van der Waals surface area contributed by atoms with Crippen LogP contribution in [0.1, 0.15) is 30.0 Å². The van der Waals surface area contributed by atoms with Crippen molar-refractivity contribution in [3.63, 3.8) is 0 Å². The van der Waals surface area contributed by atoms with E-state index in [9.17, 15) is 0 Å². The highest BCUT2D eigenvalue weighted by Gasteiger charge is 2.29. The lowest BCUT2D eigenvalue weighted by Crippen LogP contribution is -2.38. The molecule has 0 radical (unpaired) electrons. The van der Waals surface area contributed by atoms with Crippen LogP contribution in [0.2, 0.25) is 0 Å². The molecular formula is C20H22N2O2S. The molecule has 2 aliphatic rings. The third-order valence-electron chi connectivity index (χ3n) is 4.75. The van der Waals surface area contributed by atoms with Crippen LogP contribution < -0.4 is 14.8 Å². The molecule has 1 N–H and O–H groups in total. The smallest absolute Gasteiger partial charge is 0.169 e. The molecule has 25 heavy (non-hydrogen) atoms. The van der Waals surface area contributed by atoms with E-state index < -0.39 is 0 Å². The molecule has 4 rings (SSSR count). The van der Waals surface area contributed by atoms with Crippen molar-refractivity contribution in [1.82, 2.24) is 10.2 Å². The topological polar surface area (TPSA) is 33.7 Å². The number of likely N-dealkylation sites (tertiary alicyclic amines) is 1. The molecule has 2 heterocycles. The molecule has 0 spiro atoms. The zero-order valence-electron chi connectivity index (χ0n) is 14.1. The van der Waals surface area contributed by atoms with Crippen LogP contribution in [-0.2, 0) is 6.54 Å². The van der Waals surface area contributed by atoms with Crippen LogP contribution in [0.4, 0.5) is 0 Å². The predicted molar refractivity (Wildman–Crippen MR) is 102 cm³/mol. The molecule has 2 aliphatic heterocycles. The Labute approximate surface area is 153 Å². The number of ether oxygens (including phenoxy) is 2. The highest BCUT2D eigenvalue weighted by molar-refractivity contribution is 7.80. The Hall–Kier alpha value is -2.27. The minimum atomic E-state index is 0.298. The Morgan fingerprint density at radius 2 is 1.88 bits per heavy atom. The Bertz CT molecular complexity index is 751. The van der Waals surface area contributed by atoms with Crippen molar-refractivity contribution in [3.8, 4) is 11.5 Å². The molecule has 1 saturated heterocycles. The number of hydrogen-bond acceptors (Lipinski definition) is 3. The monoisotopic (exact) mass is 354 g/mol. The molecule has 0 bridgehead atoms. The average Bonchev–Trinajstić information content (AvgIpc) is 3.16. The van der Waals surface area contributed by atoms with Gasteiger partial charge in [0.2, 0.25) is 0 Å². The van der Waals surface area contributed by atoms with Gasteiger partial charge in [-0.25, -0.2) is 0 Å². The van der Waals surface area contributed by atoms with Gasteiger partial charge in [0.1, 0.15) is 13.2 Å². The fraction of sp³-hybridized carbons (Fsp3) is 0.350. The number of benzene rings is 2. The molecule has 2 aromatic carbocycles. The van der Waals surface area contributed by atoms with Crippen molar-refractivity contribution in [2.24, 2.45) is 0 Å². The van der Waals surface area contributed by atoms with E-state index in [0.29, 0.717) is 19.3 Å². The van der Waals surface area contributed by atoms with Crippen molar-refractivity contribution < 1.29 is 9.47 Å². The van der Waals surface area contributed by atoms with Crippen LogP contribution in [-0.4, -0.2) is 29.8 Å². The first-order valence-corrected chi connectivity index (χ1v) is 9.20. The fourth-order valence-corrected chi connectivity index (χ4v) is 3.79. The van der Waals surface area contributed by atoms with Gasteiger partial charge in [-0.3, -0.25) is 0 Å². The molecule has 1 fully saturated rings. The lowest BCUT2D eigenvalue weighted by Gasteiger charge is -2.29. The van der Waals surface area contributed by atoms with Gasteiger partial charge >= 0.3 is 0 Å². The summed E-state index contributed by atoms with van der Waals surface area (Å²) in [4.78, 5) is 2.30. The third kappa shape index (κ3) is 3.56. The maximum absolute atomic E-state index is 5.73. The molecule has 0 aromatic heterocycles. The van der Waals surface area contributed by atoms with E-state index in [1.807, 2.05) is 24.3 Å². The summed E-state index contributed by atoms with van der Waals surface area (Å²) in [6.45, 7) is 2.97. The number of hydrogen-bond donors (Lipinski definition) is 1. The zero-order valence-corrected chi connectivity index (χ0v) is 14.9. The van der Waals surface area contributed by atoms with Gasteiger partial charge in [-0.2, -0.15) is 0 Å². The van der Waals surface area contributed by atoms with Gasteiger partial charge in [-0.15, -0.1) is 0 Å². The van der Waals surface area contributed by atoms with E-state index in [0.717, 1.165) is 42.5 Å². The number of nitrogens with one attached hydrogen (secondary N) is 1. The van der Waals surface area contributed by atoms with Gasteiger partial charge in [0, 0.05) is 13.1 Å². The van der Waals surface area contributed by atoms with Crippen LogP contribution in [0.5, 0.6) is 11.5 Å². The summed E-state index contributed by atoms with van der Waals surface area (Å²) in [7, 11) is 0. The second-order valence-corrected chi connectivity index (χ2v) is 6.79. The SMILES string of the molecule is S=C(NCc1ccccc1)N1CCC[C@@H]1c1ccc2c(c1)OCCO2. The molecular weight excluding hydrogens is 332 g/mol. The van der Waals surface area contributed by atoms with Crippen molar-refractivity contribution in [3.05, 3.63) is 59.7 Å². The third-order valence-corrected chi connectivity index (χ3v) is 5.13.